The van der Waals surface area contributed by atoms with Crippen molar-refractivity contribution in [3.63, 3.8) is 0 Å². The van der Waals surface area contributed by atoms with Crippen LogP contribution in [0.25, 0.3) is 0 Å². The van der Waals surface area contributed by atoms with E-state index in [-0.39, 0.29) is 34.2 Å². The molecule has 142 valence electrons. The maximum atomic E-state index is 11.9. The molecule has 11 heteroatoms. The topological polar surface area (TPSA) is 160 Å². The van der Waals surface area contributed by atoms with Crippen LogP contribution in [0.15, 0.2) is 47.5 Å². The molecule has 0 saturated heterocycles. The number of H-pyrrole nitrogens is 1. The molecule has 0 fully saturated rings. The molecule has 3 aromatic rings. The summed E-state index contributed by atoms with van der Waals surface area (Å²) in [5.41, 5.74) is 5.64. The van der Waals surface area contributed by atoms with Gasteiger partial charge in [0.25, 0.3) is 11.6 Å². The number of primary amides is 1. The number of rotatable bonds is 6. The molecule has 2 aromatic carbocycles. The summed E-state index contributed by atoms with van der Waals surface area (Å²) in [4.78, 5) is 26.4. The molecular weight excluding hydrogens is 388 g/mol. The number of aromatic amines is 1. The lowest BCUT2D eigenvalue weighted by atomic mass is 10.2. The number of para-hydroxylation sites is 1. The van der Waals surface area contributed by atoms with Gasteiger partial charge in [0.2, 0.25) is 0 Å². The minimum atomic E-state index is -0.819. The van der Waals surface area contributed by atoms with Gasteiger partial charge in [-0.2, -0.15) is 5.10 Å². The predicted octanol–water partition coefficient (Wildman–Crippen LogP) is 3.27. The number of aliphatic imine (C=N–C) groups is 1. The van der Waals surface area contributed by atoms with E-state index >= 15 is 0 Å². The third-order valence-electron chi connectivity index (χ3n) is 3.66. The van der Waals surface area contributed by atoms with Crippen LogP contribution in [-0.2, 0) is 0 Å². The van der Waals surface area contributed by atoms with Gasteiger partial charge in [-0.25, -0.2) is 4.99 Å². The number of nitrogens with two attached hydrogens (primary N) is 1. The van der Waals surface area contributed by atoms with Gasteiger partial charge < -0.3 is 16.2 Å². The molecule has 5 N–H and O–H groups in total. The Morgan fingerprint density at radius 1 is 1.36 bits per heavy atom. The highest BCUT2D eigenvalue weighted by Crippen LogP contribution is 2.30. The number of halogens is 1. The van der Waals surface area contributed by atoms with Crippen molar-refractivity contribution in [2.24, 2.45) is 10.7 Å². The molecule has 3 rings (SSSR count). The van der Waals surface area contributed by atoms with Crippen LogP contribution >= 0.6 is 11.6 Å². The molecule has 0 spiro atoms. The van der Waals surface area contributed by atoms with Crippen LogP contribution in [0.1, 0.15) is 15.9 Å². The molecule has 0 aliphatic heterocycles. The van der Waals surface area contributed by atoms with Crippen molar-refractivity contribution in [1.29, 1.82) is 0 Å². The van der Waals surface area contributed by atoms with Crippen LogP contribution in [0, 0.1) is 10.1 Å². The van der Waals surface area contributed by atoms with E-state index in [4.69, 9.17) is 17.3 Å². The van der Waals surface area contributed by atoms with Gasteiger partial charge in [0, 0.05) is 12.3 Å². The van der Waals surface area contributed by atoms with Gasteiger partial charge >= 0.3 is 0 Å². The third kappa shape index (κ3) is 3.91. The minimum Gasteiger partial charge on any atom is -0.508 e. The Morgan fingerprint density at radius 3 is 2.79 bits per heavy atom. The van der Waals surface area contributed by atoms with E-state index in [0.29, 0.717) is 10.7 Å². The van der Waals surface area contributed by atoms with Crippen molar-refractivity contribution in [2.45, 2.75) is 0 Å². The van der Waals surface area contributed by atoms with Crippen molar-refractivity contribution < 1.29 is 14.8 Å². The molecule has 0 unspecified atom stereocenters. The van der Waals surface area contributed by atoms with E-state index in [0.717, 1.165) is 12.3 Å². The summed E-state index contributed by atoms with van der Waals surface area (Å²) in [5.74, 6) is -0.913. The largest absolute Gasteiger partial charge is 0.508 e. The van der Waals surface area contributed by atoms with Gasteiger partial charge in [0.1, 0.15) is 17.1 Å². The van der Waals surface area contributed by atoms with Crippen LogP contribution in [0.2, 0.25) is 5.02 Å². The molecule has 0 bridgehead atoms. The number of nitrogens with one attached hydrogen (secondary N) is 2. The summed E-state index contributed by atoms with van der Waals surface area (Å²) in [5, 5.41) is 30.5. The Hall–Kier alpha value is -3.92. The highest BCUT2D eigenvalue weighted by atomic mass is 35.5. The van der Waals surface area contributed by atoms with E-state index in [9.17, 15) is 20.0 Å². The molecule has 0 saturated carbocycles. The van der Waals surface area contributed by atoms with E-state index in [2.05, 4.69) is 20.5 Å². The highest BCUT2D eigenvalue weighted by molar-refractivity contribution is 6.33. The Balaban J connectivity index is 1.98. The maximum absolute atomic E-state index is 11.9. The minimum absolute atomic E-state index is 0.0315. The zero-order valence-electron chi connectivity index (χ0n) is 14.1. The highest BCUT2D eigenvalue weighted by Gasteiger charge is 2.19. The number of aromatic nitrogens is 2. The molecule has 0 radical (unpaired) electrons. The Bertz CT molecular complexity index is 1100. The number of carbonyl (C=O) groups is 1. The molecule has 1 heterocycles. The van der Waals surface area contributed by atoms with Gasteiger partial charge in [-0.3, -0.25) is 20.0 Å². The van der Waals surface area contributed by atoms with Crippen molar-refractivity contribution in [3.8, 4) is 5.75 Å². The van der Waals surface area contributed by atoms with Gasteiger partial charge in [0.05, 0.1) is 21.2 Å². The van der Waals surface area contributed by atoms with Gasteiger partial charge in [0.15, 0.2) is 5.82 Å². The zero-order valence-corrected chi connectivity index (χ0v) is 14.8. The molecule has 0 atom stereocenters. The standard InChI is InChI=1S/C17H13ClN6O4/c18-11-3-1-2-4-12(11)21-17-14(15(19)26)16(22-23-17)20-8-9-7-10(25)5-6-13(9)24(27)28/h1-8,25H,(H2,19,26)(H2,21,22,23). The first kappa shape index (κ1) is 18.9. The summed E-state index contributed by atoms with van der Waals surface area (Å²) < 4.78 is 0. The predicted molar refractivity (Wildman–Crippen MR) is 104 cm³/mol. The van der Waals surface area contributed by atoms with Gasteiger partial charge in [-0.1, -0.05) is 23.7 Å². The number of carbonyl (C=O) groups excluding carboxylic acids is 1. The molecule has 1 amide bonds. The van der Waals surface area contributed by atoms with E-state index < -0.39 is 10.8 Å². The lowest BCUT2D eigenvalue weighted by molar-refractivity contribution is -0.385. The fraction of sp³-hybridized carbons (Fsp3) is 0. The quantitative estimate of drug-likeness (QED) is 0.282. The molecule has 10 nitrogen and oxygen atoms in total. The fourth-order valence-corrected chi connectivity index (χ4v) is 2.57. The molecular formula is C17H13ClN6O4. The lowest BCUT2D eigenvalue weighted by Gasteiger charge is -2.06. The second-order valence-corrected chi connectivity index (χ2v) is 5.93. The first-order valence-electron chi connectivity index (χ1n) is 7.78. The Kier molecular flexibility index (Phi) is 5.23. The summed E-state index contributed by atoms with van der Waals surface area (Å²) in [6.07, 6.45) is 1.11. The van der Waals surface area contributed by atoms with Crippen LogP contribution in [0.3, 0.4) is 0 Å². The van der Waals surface area contributed by atoms with Gasteiger partial charge in [-0.05, 0) is 24.3 Å². The normalized spacial score (nSPS) is 10.9. The number of nitro benzene ring substituents is 1. The molecule has 0 aliphatic carbocycles. The van der Waals surface area contributed by atoms with E-state index in [1.165, 1.54) is 12.1 Å². The zero-order chi connectivity index (χ0) is 20.3. The van der Waals surface area contributed by atoms with E-state index in [1.54, 1.807) is 24.3 Å². The number of amides is 1. The molecule has 1 aromatic heterocycles. The average Bonchev–Trinajstić information content (AvgIpc) is 3.04. The average molecular weight is 401 g/mol. The third-order valence-corrected chi connectivity index (χ3v) is 3.99. The second-order valence-electron chi connectivity index (χ2n) is 5.52. The lowest BCUT2D eigenvalue weighted by Crippen LogP contribution is -2.12. The van der Waals surface area contributed by atoms with Gasteiger partial charge in [-0.15, -0.1) is 0 Å². The summed E-state index contributed by atoms with van der Waals surface area (Å²) in [7, 11) is 0. The molecule has 28 heavy (non-hydrogen) atoms. The monoisotopic (exact) mass is 400 g/mol. The summed E-state index contributed by atoms with van der Waals surface area (Å²) >= 11 is 6.09. The number of benzene rings is 2. The fourth-order valence-electron chi connectivity index (χ4n) is 2.39. The van der Waals surface area contributed by atoms with Crippen molar-refractivity contribution in [1.82, 2.24) is 10.2 Å². The number of nitro groups is 1. The molecule has 0 aliphatic rings. The number of hydrogen-bond donors (Lipinski definition) is 4. The number of hydrogen-bond acceptors (Lipinski definition) is 7. The number of anilines is 2. The summed E-state index contributed by atoms with van der Waals surface area (Å²) in [6, 6.07) is 10.3. The Morgan fingerprint density at radius 2 is 2.11 bits per heavy atom. The van der Waals surface area contributed by atoms with Crippen LogP contribution < -0.4 is 11.1 Å². The number of phenolic OH excluding ortho intramolecular Hbond substituents is 1. The number of phenols is 1. The SMILES string of the molecule is NC(=O)c1c(N=Cc2cc(O)ccc2[N+](=O)[O-])n[nH]c1Nc1ccccc1Cl. The van der Waals surface area contributed by atoms with Crippen LogP contribution in [0.5, 0.6) is 5.75 Å². The second kappa shape index (κ2) is 7.76. The van der Waals surface area contributed by atoms with Crippen molar-refractivity contribution in [3.05, 3.63) is 68.7 Å². The number of aromatic hydroxyl groups is 1. The maximum Gasteiger partial charge on any atom is 0.278 e. The van der Waals surface area contributed by atoms with Crippen LogP contribution in [-0.4, -0.2) is 32.3 Å². The van der Waals surface area contributed by atoms with Crippen molar-refractivity contribution in [2.75, 3.05) is 5.32 Å². The van der Waals surface area contributed by atoms with E-state index in [1.807, 2.05) is 0 Å². The van der Waals surface area contributed by atoms with Crippen LogP contribution in [0.4, 0.5) is 23.0 Å². The van der Waals surface area contributed by atoms with Crippen molar-refractivity contribution >= 4 is 46.7 Å². The first-order chi connectivity index (χ1) is 13.4. The number of nitrogens with zero attached hydrogens (tertiary/aromatic N) is 3. The first-order valence-corrected chi connectivity index (χ1v) is 8.16. The Labute approximate surface area is 162 Å². The summed E-state index contributed by atoms with van der Waals surface area (Å²) in [6.45, 7) is 0. The smallest absolute Gasteiger partial charge is 0.278 e.